The number of aromatic nitrogens is 1. The molecule has 0 atom stereocenters. The second kappa shape index (κ2) is 8.43. The van der Waals surface area contributed by atoms with Gasteiger partial charge in [0.25, 0.3) is 0 Å². The number of halogens is 1. The van der Waals surface area contributed by atoms with Crippen LogP contribution in [0.4, 0.5) is 5.69 Å². The van der Waals surface area contributed by atoms with E-state index in [4.69, 9.17) is 21.3 Å². The molecule has 1 aromatic heterocycles. The minimum absolute atomic E-state index is 0.109. The van der Waals surface area contributed by atoms with E-state index >= 15 is 0 Å². The van der Waals surface area contributed by atoms with Crippen LogP contribution in [-0.2, 0) is 11.2 Å². The van der Waals surface area contributed by atoms with Gasteiger partial charge >= 0.3 is 0 Å². The van der Waals surface area contributed by atoms with E-state index in [2.05, 4.69) is 18.3 Å². The molecule has 0 spiro atoms. The Kier molecular flexibility index (Phi) is 6.01. The number of para-hydroxylation sites is 1. The summed E-state index contributed by atoms with van der Waals surface area (Å²) in [6.07, 6.45) is 0.842. The van der Waals surface area contributed by atoms with Crippen LogP contribution in [0.25, 0.3) is 10.9 Å². The average Bonchev–Trinajstić information content (AvgIpc) is 2.67. The summed E-state index contributed by atoms with van der Waals surface area (Å²) in [6.45, 7) is 2.08. The quantitative estimate of drug-likeness (QED) is 0.592. The van der Waals surface area contributed by atoms with Crippen LogP contribution >= 0.6 is 23.4 Å². The Morgan fingerprint density at radius 3 is 2.77 bits per heavy atom. The molecule has 1 N–H and O–H groups in total. The first-order chi connectivity index (χ1) is 12.6. The van der Waals surface area contributed by atoms with E-state index in [9.17, 15) is 4.79 Å². The minimum atomic E-state index is -0.109. The van der Waals surface area contributed by atoms with Gasteiger partial charge in [-0.2, -0.15) is 0 Å². The zero-order valence-corrected chi connectivity index (χ0v) is 16.2. The first kappa shape index (κ1) is 18.5. The molecule has 0 radical (unpaired) electrons. The Balaban J connectivity index is 1.75. The lowest BCUT2D eigenvalue weighted by Crippen LogP contribution is -2.14. The zero-order chi connectivity index (χ0) is 18.5. The number of aryl methyl sites for hydroxylation is 1. The van der Waals surface area contributed by atoms with Crippen LogP contribution in [-0.4, -0.2) is 23.8 Å². The van der Waals surface area contributed by atoms with E-state index in [0.717, 1.165) is 33.7 Å². The van der Waals surface area contributed by atoms with Crippen LogP contribution in [0, 0.1) is 0 Å². The molecular formula is C20H19ClN2O2S. The number of anilines is 1. The standard InChI is InChI=1S/C20H19ClN2O2S/c1-3-13-10-14-11-15(25-2)8-9-17(14)23-20(13)26-12-19(24)22-18-7-5-4-6-16(18)21/h4-11H,3,12H2,1-2H3,(H,22,24). The highest BCUT2D eigenvalue weighted by molar-refractivity contribution is 8.00. The maximum absolute atomic E-state index is 12.2. The molecule has 0 bridgehead atoms. The van der Waals surface area contributed by atoms with Crippen molar-refractivity contribution in [3.05, 3.63) is 59.1 Å². The van der Waals surface area contributed by atoms with Crippen molar-refractivity contribution in [2.75, 3.05) is 18.2 Å². The lowest BCUT2D eigenvalue weighted by Gasteiger charge is -2.10. The summed E-state index contributed by atoms with van der Waals surface area (Å²) in [6, 6.07) is 15.1. The molecule has 1 amide bonds. The predicted octanol–water partition coefficient (Wildman–Crippen LogP) is 5.19. The van der Waals surface area contributed by atoms with Gasteiger partial charge in [0, 0.05) is 5.39 Å². The Morgan fingerprint density at radius 1 is 1.23 bits per heavy atom. The van der Waals surface area contributed by atoms with Gasteiger partial charge in [0.1, 0.15) is 10.8 Å². The smallest absolute Gasteiger partial charge is 0.234 e. The van der Waals surface area contributed by atoms with Gasteiger partial charge in [0.15, 0.2) is 0 Å². The van der Waals surface area contributed by atoms with Gasteiger partial charge in [0.2, 0.25) is 5.91 Å². The van der Waals surface area contributed by atoms with E-state index in [1.165, 1.54) is 11.8 Å². The van der Waals surface area contributed by atoms with Crippen molar-refractivity contribution in [1.82, 2.24) is 4.98 Å². The molecule has 3 rings (SSSR count). The molecule has 0 aliphatic rings. The maximum atomic E-state index is 12.2. The second-order valence-electron chi connectivity index (χ2n) is 5.68. The average molecular weight is 387 g/mol. The van der Waals surface area contributed by atoms with Crippen molar-refractivity contribution in [2.24, 2.45) is 0 Å². The fourth-order valence-corrected chi connectivity index (χ4v) is 3.64. The molecule has 6 heteroatoms. The number of carbonyl (C=O) groups excluding carboxylic acids is 1. The Morgan fingerprint density at radius 2 is 2.04 bits per heavy atom. The third-order valence-corrected chi connectivity index (χ3v) is 5.29. The summed E-state index contributed by atoms with van der Waals surface area (Å²) < 4.78 is 5.27. The number of hydrogen-bond acceptors (Lipinski definition) is 4. The summed E-state index contributed by atoms with van der Waals surface area (Å²) in [4.78, 5) is 17.0. The van der Waals surface area contributed by atoms with E-state index in [0.29, 0.717) is 10.7 Å². The Bertz CT molecular complexity index is 946. The fraction of sp³-hybridized carbons (Fsp3) is 0.200. The Hall–Kier alpha value is -2.24. The van der Waals surface area contributed by atoms with Crippen LogP contribution < -0.4 is 10.1 Å². The molecule has 1 heterocycles. The number of pyridine rings is 1. The lowest BCUT2D eigenvalue weighted by atomic mass is 10.1. The van der Waals surface area contributed by atoms with Crippen LogP contribution in [0.5, 0.6) is 5.75 Å². The van der Waals surface area contributed by atoms with Crippen LogP contribution in [0.15, 0.2) is 53.6 Å². The summed E-state index contributed by atoms with van der Waals surface area (Å²) in [5.41, 5.74) is 2.62. The molecule has 0 aliphatic carbocycles. The van der Waals surface area contributed by atoms with Gasteiger partial charge in [-0.1, -0.05) is 42.4 Å². The van der Waals surface area contributed by atoms with Crippen molar-refractivity contribution >= 4 is 45.9 Å². The number of amides is 1. The van der Waals surface area contributed by atoms with Gasteiger partial charge in [-0.15, -0.1) is 0 Å². The third-order valence-electron chi connectivity index (χ3n) is 3.93. The number of hydrogen-bond donors (Lipinski definition) is 1. The number of thioether (sulfide) groups is 1. The van der Waals surface area contributed by atoms with Crippen LogP contribution in [0.2, 0.25) is 5.02 Å². The third kappa shape index (κ3) is 4.29. The lowest BCUT2D eigenvalue weighted by molar-refractivity contribution is -0.113. The number of rotatable bonds is 6. The zero-order valence-electron chi connectivity index (χ0n) is 14.6. The number of methoxy groups -OCH3 is 1. The highest BCUT2D eigenvalue weighted by atomic mass is 35.5. The molecule has 0 fully saturated rings. The Labute approximate surface area is 161 Å². The number of carbonyl (C=O) groups is 1. The maximum Gasteiger partial charge on any atom is 0.234 e. The summed E-state index contributed by atoms with van der Waals surface area (Å²) >= 11 is 7.51. The normalized spacial score (nSPS) is 10.7. The van der Waals surface area contributed by atoms with Crippen LogP contribution in [0.1, 0.15) is 12.5 Å². The topological polar surface area (TPSA) is 51.2 Å². The summed E-state index contributed by atoms with van der Waals surface area (Å²) in [7, 11) is 1.65. The van der Waals surface area contributed by atoms with Gasteiger partial charge in [-0.05, 0) is 48.4 Å². The molecule has 2 aromatic carbocycles. The van der Waals surface area contributed by atoms with Crippen molar-refractivity contribution in [3.8, 4) is 5.75 Å². The van der Waals surface area contributed by atoms with Crippen LogP contribution in [0.3, 0.4) is 0 Å². The molecule has 0 unspecified atom stereocenters. The summed E-state index contributed by atoms with van der Waals surface area (Å²) in [5.74, 6) is 0.968. The predicted molar refractivity (Wildman–Crippen MR) is 108 cm³/mol. The van der Waals surface area contributed by atoms with E-state index in [-0.39, 0.29) is 11.7 Å². The molecule has 0 aliphatic heterocycles. The molecule has 134 valence electrons. The minimum Gasteiger partial charge on any atom is -0.497 e. The van der Waals surface area contributed by atoms with Gasteiger partial charge in [-0.3, -0.25) is 4.79 Å². The molecule has 4 nitrogen and oxygen atoms in total. The highest BCUT2D eigenvalue weighted by Crippen LogP contribution is 2.28. The number of nitrogens with one attached hydrogen (secondary N) is 1. The first-order valence-electron chi connectivity index (χ1n) is 8.25. The highest BCUT2D eigenvalue weighted by Gasteiger charge is 2.11. The first-order valence-corrected chi connectivity index (χ1v) is 9.62. The number of nitrogens with zero attached hydrogens (tertiary/aromatic N) is 1. The molecule has 0 saturated heterocycles. The number of ether oxygens (including phenoxy) is 1. The van der Waals surface area contributed by atoms with Crippen molar-refractivity contribution in [2.45, 2.75) is 18.4 Å². The SMILES string of the molecule is CCc1cc2cc(OC)ccc2nc1SCC(=O)Nc1ccccc1Cl. The monoisotopic (exact) mass is 386 g/mol. The van der Waals surface area contributed by atoms with Gasteiger partial charge in [-0.25, -0.2) is 4.98 Å². The molecule has 26 heavy (non-hydrogen) atoms. The summed E-state index contributed by atoms with van der Waals surface area (Å²) in [5, 5.41) is 5.27. The molecular weight excluding hydrogens is 368 g/mol. The largest absolute Gasteiger partial charge is 0.497 e. The van der Waals surface area contributed by atoms with Crippen molar-refractivity contribution < 1.29 is 9.53 Å². The van der Waals surface area contributed by atoms with Crippen molar-refractivity contribution in [1.29, 1.82) is 0 Å². The number of benzene rings is 2. The second-order valence-corrected chi connectivity index (χ2v) is 7.05. The van der Waals surface area contributed by atoms with E-state index in [1.807, 2.05) is 30.3 Å². The number of fused-ring (bicyclic) bond motifs is 1. The molecule has 0 saturated carbocycles. The van der Waals surface area contributed by atoms with E-state index in [1.54, 1.807) is 19.2 Å². The molecule has 3 aromatic rings. The van der Waals surface area contributed by atoms with E-state index < -0.39 is 0 Å². The fourth-order valence-electron chi connectivity index (χ4n) is 2.57. The van der Waals surface area contributed by atoms with Gasteiger partial charge in [0.05, 0.1) is 29.1 Å². The van der Waals surface area contributed by atoms with Gasteiger partial charge < -0.3 is 10.1 Å². The van der Waals surface area contributed by atoms with Crippen molar-refractivity contribution in [3.63, 3.8) is 0 Å².